The van der Waals surface area contributed by atoms with Crippen LogP contribution in [-0.2, 0) is 4.79 Å². The van der Waals surface area contributed by atoms with Crippen LogP contribution in [0, 0.1) is 13.8 Å². The van der Waals surface area contributed by atoms with E-state index in [1.807, 2.05) is 25.1 Å². The van der Waals surface area contributed by atoms with E-state index in [0.29, 0.717) is 5.02 Å². The van der Waals surface area contributed by atoms with E-state index in [4.69, 9.17) is 11.6 Å². The van der Waals surface area contributed by atoms with E-state index < -0.39 is 0 Å². The first-order valence-electron chi connectivity index (χ1n) is 8.42. The maximum atomic E-state index is 12.4. The Labute approximate surface area is 163 Å². The number of benzene rings is 2. The number of nitrogens with one attached hydrogen (secondary N) is 2. The summed E-state index contributed by atoms with van der Waals surface area (Å²) in [6.45, 7) is 4.22. The van der Waals surface area contributed by atoms with E-state index in [2.05, 4.69) is 53.3 Å². The van der Waals surface area contributed by atoms with E-state index in [0.717, 1.165) is 16.8 Å². The van der Waals surface area contributed by atoms with Crippen LogP contribution in [-0.4, -0.2) is 12.5 Å². The van der Waals surface area contributed by atoms with Crippen LogP contribution in [0.4, 0.5) is 5.69 Å². The smallest absolute Gasteiger partial charge is 0.238 e. The number of halogens is 1. The van der Waals surface area contributed by atoms with Gasteiger partial charge in [-0.15, -0.1) is 11.3 Å². The number of carbonyl (C=O) groups is 1. The van der Waals surface area contributed by atoms with Gasteiger partial charge >= 0.3 is 0 Å². The largest absolute Gasteiger partial charge is 0.325 e. The van der Waals surface area contributed by atoms with Gasteiger partial charge in [0.15, 0.2) is 0 Å². The Hall–Kier alpha value is -2.14. The number of hydrogen-bond donors (Lipinski definition) is 2. The van der Waals surface area contributed by atoms with Gasteiger partial charge in [-0.3, -0.25) is 10.1 Å². The first-order chi connectivity index (χ1) is 12.5. The van der Waals surface area contributed by atoms with Crippen LogP contribution in [0.3, 0.4) is 0 Å². The molecule has 0 spiro atoms. The van der Waals surface area contributed by atoms with Crippen molar-refractivity contribution >= 4 is 34.5 Å². The minimum absolute atomic E-state index is 0.00679. The van der Waals surface area contributed by atoms with E-state index in [9.17, 15) is 4.79 Å². The third-order valence-corrected chi connectivity index (χ3v) is 5.34. The van der Waals surface area contributed by atoms with Crippen LogP contribution in [0.15, 0.2) is 60.0 Å². The monoisotopic (exact) mass is 384 g/mol. The summed E-state index contributed by atoms with van der Waals surface area (Å²) in [6, 6.07) is 17.9. The molecule has 1 heterocycles. The number of aryl methyl sites for hydroxylation is 2. The first-order valence-corrected chi connectivity index (χ1v) is 9.68. The number of carbonyl (C=O) groups excluding carboxylic acids is 1. The summed E-state index contributed by atoms with van der Waals surface area (Å²) in [5.74, 6) is -0.0795. The highest BCUT2D eigenvalue weighted by atomic mass is 35.5. The van der Waals surface area contributed by atoms with Crippen molar-refractivity contribution in [2.24, 2.45) is 0 Å². The van der Waals surface area contributed by atoms with Gasteiger partial charge in [0.2, 0.25) is 5.91 Å². The normalized spacial score (nSPS) is 12.0. The average Bonchev–Trinajstić information content (AvgIpc) is 3.13. The van der Waals surface area contributed by atoms with E-state index in [1.54, 1.807) is 17.4 Å². The van der Waals surface area contributed by atoms with E-state index in [-0.39, 0.29) is 18.5 Å². The Kier molecular flexibility index (Phi) is 6.09. The molecule has 3 rings (SSSR count). The van der Waals surface area contributed by atoms with Gasteiger partial charge in [-0.25, -0.2) is 0 Å². The van der Waals surface area contributed by atoms with Crippen molar-refractivity contribution < 1.29 is 4.79 Å². The summed E-state index contributed by atoms with van der Waals surface area (Å²) < 4.78 is 0. The van der Waals surface area contributed by atoms with Crippen LogP contribution in [0.1, 0.15) is 27.6 Å². The van der Waals surface area contributed by atoms with Crippen molar-refractivity contribution in [2.75, 3.05) is 11.9 Å². The Morgan fingerprint density at radius 2 is 1.88 bits per heavy atom. The average molecular weight is 385 g/mol. The molecule has 3 aromatic rings. The van der Waals surface area contributed by atoms with Crippen LogP contribution in [0.2, 0.25) is 5.02 Å². The molecule has 26 heavy (non-hydrogen) atoms. The maximum absolute atomic E-state index is 12.4. The molecule has 0 bridgehead atoms. The van der Waals surface area contributed by atoms with Gasteiger partial charge in [0, 0.05) is 15.6 Å². The van der Waals surface area contributed by atoms with Gasteiger partial charge in [-0.05, 0) is 54.6 Å². The van der Waals surface area contributed by atoms with Crippen LogP contribution in [0.5, 0.6) is 0 Å². The number of hydrogen-bond acceptors (Lipinski definition) is 3. The fourth-order valence-electron chi connectivity index (χ4n) is 2.75. The van der Waals surface area contributed by atoms with Gasteiger partial charge in [0.25, 0.3) is 0 Å². The molecule has 0 saturated heterocycles. The molecule has 5 heteroatoms. The predicted octanol–water partition coefficient (Wildman–Crippen LogP) is 5.34. The zero-order chi connectivity index (χ0) is 18.5. The van der Waals surface area contributed by atoms with Crippen molar-refractivity contribution in [3.05, 3.63) is 86.6 Å². The lowest BCUT2D eigenvalue weighted by atomic mass is 10.0. The van der Waals surface area contributed by atoms with Gasteiger partial charge in [0.05, 0.1) is 12.6 Å². The molecule has 0 radical (unpaired) electrons. The lowest BCUT2D eigenvalue weighted by Gasteiger charge is -2.18. The van der Waals surface area contributed by atoms with Crippen LogP contribution < -0.4 is 10.6 Å². The zero-order valence-corrected chi connectivity index (χ0v) is 16.3. The lowest BCUT2D eigenvalue weighted by molar-refractivity contribution is -0.115. The highest BCUT2D eigenvalue weighted by Crippen LogP contribution is 2.26. The molecule has 2 N–H and O–H groups in total. The number of thiophene rings is 1. The topological polar surface area (TPSA) is 41.1 Å². The molecule has 0 aliphatic heterocycles. The molecule has 1 aromatic heterocycles. The Bertz CT molecular complexity index is 876. The summed E-state index contributed by atoms with van der Waals surface area (Å²) >= 11 is 7.65. The first kappa shape index (κ1) is 18.6. The van der Waals surface area contributed by atoms with Gasteiger partial charge in [-0.1, -0.05) is 47.5 Å². The standard InChI is InChI=1S/C21H21ClN2OS/c1-14-5-7-16(8-6-14)21(19-4-3-11-26-19)23-13-20(25)24-18-10-9-17(22)12-15(18)2/h3-12,21,23H,13H2,1-2H3,(H,24,25)/t21-/m1/s1. The second kappa shape index (κ2) is 8.49. The minimum Gasteiger partial charge on any atom is -0.325 e. The van der Waals surface area contributed by atoms with Crippen molar-refractivity contribution in [2.45, 2.75) is 19.9 Å². The molecule has 1 atom stereocenters. The molecular weight excluding hydrogens is 364 g/mol. The molecule has 134 valence electrons. The number of rotatable bonds is 6. The zero-order valence-electron chi connectivity index (χ0n) is 14.8. The Morgan fingerprint density at radius 1 is 1.12 bits per heavy atom. The highest BCUT2D eigenvalue weighted by molar-refractivity contribution is 7.10. The fraction of sp³-hybridized carbons (Fsp3) is 0.190. The van der Waals surface area contributed by atoms with Crippen molar-refractivity contribution in [1.82, 2.24) is 5.32 Å². The van der Waals surface area contributed by atoms with E-state index >= 15 is 0 Å². The van der Waals surface area contributed by atoms with Crippen LogP contribution in [0.25, 0.3) is 0 Å². The fourth-order valence-corrected chi connectivity index (χ4v) is 3.81. The molecule has 2 aromatic carbocycles. The van der Waals surface area contributed by atoms with Crippen molar-refractivity contribution in [3.63, 3.8) is 0 Å². The molecule has 0 aliphatic rings. The second-order valence-electron chi connectivity index (χ2n) is 6.25. The molecular formula is C21H21ClN2OS. The second-order valence-corrected chi connectivity index (χ2v) is 7.66. The third kappa shape index (κ3) is 4.73. The molecule has 1 amide bonds. The number of amides is 1. The maximum Gasteiger partial charge on any atom is 0.238 e. The molecule has 0 saturated carbocycles. The van der Waals surface area contributed by atoms with Gasteiger partial charge < -0.3 is 5.32 Å². The van der Waals surface area contributed by atoms with Gasteiger partial charge in [0.1, 0.15) is 0 Å². The molecule has 0 fully saturated rings. The highest BCUT2D eigenvalue weighted by Gasteiger charge is 2.16. The van der Waals surface area contributed by atoms with Crippen molar-refractivity contribution in [3.8, 4) is 0 Å². The van der Waals surface area contributed by atoms with Crippen molar-refractivity contribution in [1.29, 1.82) is 0 Å². The molecule has 3 nitrogen and oxygen atoms in total. The van der Waals surface area contributed by atoms with Crippen LogP contribution >= 0.6 is 22.9 Å². The molecule has 0 aliphatic carbocycles. The summed E-state index contributed by atoms with van der Waals surface area (Å²) in [6.07, 6.45) is 0. The predicted molar refractivity (Wildman–Crippen MR) is 110 cm³/mol. The summed E-state index contributed by atoms with van der Waals surface area (Å²) in [7, 11) is 0. The number of anilines is 1. The summed E-state index contributed by atoms with van der Waals surface area (Å²) in [4.78, 5) is 13.6. The lowest BCUT2D eigenvalue weighted by Crippen LogP contribution is -2.31. The Balaban J connectivity index is 1.69. The quantitative estimate of drug-likeness (QED) is 0.602. The summed E-state index contributed by atoms with van der Waals surface area (Å²) in [5, 5.41) is 9.04. The molecule has 0 unspecified atom stereocenters. The van der Waals surface area contributed by atoms with E-state index in [1.165, 1.54) is 10.4 Å². The SMILES string of the molecule is Cc1ccc([C@@H](NCC(=O)Nc2ccc(Cl)cc2C)c2cccs2)cc1. The summed E-state index contributed by atoms with van der Waals surface area (Å²) in [5.41, 5.74) is 4.09. The van der Waals surface area contributed by atoms with Gasteiger partial charge in [-0.2, -0.15) is 0 Å². The third-order valence-electron chi connectivity index (χ3n) is 4.17. The Morgan fingerprint density at radius 3 is 2.54 bits per heavy atom. The minimum atomic E-state index is -0.0795.